The minimum absolute atomic E-state index is 0.101. The molecule has 0 amide bonds. The Morgan fingerprint density at radius 1 is 1.30 bits per heavy atom. The molecular weight excluding hydrogens is 415 g/mol. The average molecular weight is 432 g/mol. The van der Waals surface area contributed by atoms with Crippen LogP contribution in [0.3, 0.4) is 0 Å². The van der Waals surface area contributed by atoms with Crippen molar-refractivity contribution in [2.45, 2.75) is 6.92 Å². The first-order valence-corrected chi connectivity index (χ1v) is 9.82. The SMILES string of the molecule is CCOC(=O)c1ncc(-c2cc(-c3n[nH]c4cc(OCCOC)c(F)cc34)on2)s1. The maximum absolute atomic E-state index is 14.4. The van der Waals surface area contributed by atoms with Crippen molar-refractivity contribution in [3.05, 3.63) is 35.2 Å². The highest BCUT2D eigenvalue weighted by atomic mass is 32.1. The van der Waals surface area contributed by atoms with Crippen molar-refractivity contribution in [3.8, 4) is 27.8 Å². The molecule has 0 unspecified atom stereocenters. The molecule has 1 aromatic carbocycles. The topological polar surface area (TPSA) is 112 Å². The van der Waals surface area contributed by atoms with Crippen LogP contribution >= 0.6 is 11.3 Å². The van der Waals surface area contributed by atoms with E-state index in [1.54, 1.807) is 20.1 Å². The van der Waals surface area contributed by atoms with Crippen molar-refractivity contribution in [2.75, 3.05) is 26.9 Å². The van der Waals surface area contributed by atoms with Gasteiger partial charge in [0.25, 0.3) is 0 Å². The maximum Gasteiger partial charge on any atom is 0.367 e. The van der Waals surface area contributed by atoms with Crippen molar-refractivity contribution < 1.29 is 27.9 Å². The standard InChI is InChI=1S/C19H17FN4O5S/c1-3-27-19(25)18-21-9-16(30-18)13-8-15(29-24-13)17-10-6-11(20)14(28-5-4-26-2)7-12(10)22-23-17/h6-9H,3-5H2,1-2H3,(H,22,23). The molecule has 0 aliphatic carbocycles. The van der Waals surface area contributed by atoms with Gasteiger partial charge in [-0.15, -0.1) is 11.3 Å². The van der Waals surface area contributed by atoms with Crippen LogP contribution in [0.25, 0.3) is 32.9 Å². The summed E-state index contributed by atoms with van der Waals surface area (Å²) in [6, 6.07) is 4.51. The maximum atomic E-state index is 14.4. The third-order valence-corrected chi connectivity index (χ3v) is 5.11. The van der Waals surface area contributed by atoms with Crippen LogP contribution in [0.2, 0.25) is 0 Å². The van der Waals surface area contributed by atoms with E-state index in [0.29, 0.717) is 39.5 Å². The fourth-order valence-corrected chi connectivity index (χ4v) is 3.50. The summed E-state index contributed by atoms with van der Waals surface area (Å²) in [5, 5.41) is 11.8. The smallest absolute Gasteiger partial charge is 0.367 e. The number of thiazole rings is 1. The zero-order valence-corrected chi connectivity index (χ0v) is 16.9. The molecule has 0 spiro atoms. The zero-order chi connectivity index (χ0) is 21.1. The number of aromatic amines is 1. The first kappa shape index (κ1) is 20.0. The summed E-state index contributed by atoms with van der Waals surface area (Å²) < 4.78 is 35.0. The Bertz CT molecular complexity index is 1180. The van der Waals surface area contributed by atoms with Gasteiger partial charge in [-0.05, 0) is 13.0 Å². The molecule has 0 bridgehead atoms. The van der Waals surface area contributed by atoms with Gasteiger partial charge < -0.3 is 18.7 Å². The van der Waals surface area contributed by atoms with E-state index < -0.39 is 11.8 Å². The average Bonchev–Trinajstić information content (AvgIpc) is 3.47. The number of hydrogen-bond acceptors (Lipinski definition) is 9. The number of methoxy groups -OCH3 is 1. The van der Waals surface area contributed by atoms with E-state index in [4.69, 9.17) is 18.7 Å². The molecule has 0 radical (unpaired) electrons. The summed E-state index contributed by atoms with van der Waals surface area (Å²) >= 11 is 1.14. The number of esters is 1. The number of H-pyrrole nitrogens is 1. The molecule has 4 aromatic rings. The Morgan fingerprint density at radius 2 is 2.17 bits per heavy atom. The third kappa shape index (κ3) is 3.89. The van der Waals surface area contributed by atoms with Crippen molar-refractivity contribution in [1.29, 1.82) is 0 Å². The predicted octanol–water partition coefficient (Wildman–Crippen LogP) is 3.68. The van der Waals surface area contributed by atoms with E-state index in [2.05, 4.69) is 20.3 Å². The predicted molar refractivity (Wildman–Crippen MR) is 106 cm³/mol. The lowest BCUT2D eigenvalue weighted by Gasteiger charge is -2.06. The van der Waals surface area contributed by atoms with E-state index in [1.165, 1.54) is 18.3 Å². The number of nitrogens with zero attached hydrogens (tertiary/aromatic N) is 3. The number of carbonyl (C=O) groups excluding carboxylic acids is 1. The lowest BCUT2D eigenvalue weighted by Crippen LogP contribution is -2.05. The van der Waals surface area contributed by atoms with Crippen molar-refractivity contribution in [1.82, 2.24) is 20.3 Å². The van der Waals surface area contributed by atoms with Crippen LogP contribution in [-0.4, -0.2) is 53.2 Å². The Morgan fingerprint density at radius 3 is 2.97 bits per heavy atom. The van der Waals surface area contributed by atoms with Crippen molar-refractivity contribution >= 4 is 28.2 Å². The minimum Gasteiger partial charge on any atom is -0.488 e. The van der Waals surface area contributed by atoms with E-state index in [1.807, 2.05) is 0 Å². The molecule has 4 rings (SSSR count). The molecule has 3 aromatic heterocycles. The molecule has 0 aliphatic heterocycles. The molecule has 30 heavy (non-hydrogen) atoms. The van der Waals surface area contributed by atoms with E-state index in [-0.39, 0.29) is 24.0 Å². The van der Waals surface area contributed by atoms with Gasteiger partial charge in [-0.1, -0.05) is 5.16 Å². The molecule has 0 saturated heterocycles. The number of aromatic nitrogens is 4. The van der Waals surface area contributed by atoms with Gasteiger partial charge in [0.2, 0.25) is 5.01 Å². The summed E-state index contributed by atoms with van der Waals surface area (Å²) in [5.74, 6) is -0.573. The molecule has 11 heteroatoms. The zero-order valence-electron chi connectivity index (χ0n) is 16.1. The highest BCUT2D eigenvalue weighted by Gasteiger charge is 2.19. The highest BCUT2D eigenvalue weighted by molar-refractivity contribution is 7.16. The second kappa shape index (κ2) is 8.59. The van der Waals surface area contributed by atoms with Gasteiger partial charge in [0.05, 0.1) is 23.6 Å². The summed E-state index contributed by atoms with van der Waals surface area (Å²) in [6.07, 6.45) is 1.52. The van der Waals surface area contributed by atoms with Gasteiger partial charge in [-0.25, -0.2) is 14.2 Å². The number of benzene rings is 1. The van der Waals surface area contributed by atoms with E-state index in [9.17, 15) is 9.18 Å². The van der Waals surface area contributed by atoms with Gasteiger partial charge in [0.15, 0.2) is 17.3 Å². The molecular formula is C19H17FN4O5S. The molecule has 3 heterocycles. The molecule has 0 fully saturated rings. The monoisotopic (exact) mass is 432 g/mol. The van der Waals surface area contributed by atoms with Gasteiger partial charge in [0.1, 0.15) is 18.0 Å². The molecule has 0 atom stereocenters. The van der Waals surface area contributed by atoms with E-state index >= 15 is 0 Å². The number of rotatable bonds is 8. The largest absolute Gasteiger partial charge is 0.488 e. The fraction of sp³-hybridized carbons (Fsp3) is 0.263. The second-order valence-electron chi connectivity index (χ2n) is 6.07. The third-order valence-electron chi connectivity index (χ3n) is 4.11. The van der Waals surface area contributed by atoms with Gasteiger partial charge in [-0.2, -0.15) is 5.10 Å². The van der Waals surface area contributed by atoms with Crippen molar-refractivity contribution in [2.24, 2.45) is 0 Å². The van der Waals surface area contributed by atoms with Crippen LogP contribution in [0.4, 0.5) is 4.39 Å². The summed E-state index contributed by atoms with van der Waals surface area (Å²) in [7, 11) is 1.54. The Balaban J connectivity index is 1.60. The molecule has 9 nitrogen and oxygen atoms in total. The number of ether oxygens (including phenoxy) is 3. The van der Waals surface area contributed by atoms with Crippen LogP contribution in [0.5, 0.6) is 5.75 Å². The van der Waals surface area contributed by atoms with Gasteiger partial charge >= 0.3 is 5.97 Å². The number of nitrogens with one attached hydrogen (secondary N) is 1. The van der Waals surface area contributed by atoms with Gasteiger partial charge in [0, 0.05) is 30.8 Å². The number of carbonyl (C=O) groups is 1. The molecule has 0 saturated carbocycles. The minimum atomic E-state index is -0.525. The second-order valence-corrected chi connectivity index (χ2v) is 7.10. The Kier molecular flexibility index (Phi) is 5.72. The van der Waals surface area contributed by atoms with Gasteiger partial charge in [-0.3, -0.25) is 5.10 Å². The normalized spacial score (nSPS) is 11.2. The van der Waals surface area contributed by atoms with Crippen LogP contribution in [-0.2, 0) is 9.47 Å². The summed E-state index contributed by atoms with van der Waals surface area (Å²) in [4.78, 5) is 16.5. The molecule has 156 valence electrons. The summed E-state index contributed by atoms with van der Waals surface area (Å²) in [6.45, 7) is 2.57. The lowest BCUT2D eigenvalue weighted by molar-refractivity contribution is 0.0526. The van der Waals surface area contributed by atoms with Crippen molar-refractivity contribution in [3.63, 3.8) is 0 Å². The van der Waals surface area contributed by atoms with Crippen LogP contribution < -0.4 is 4.74 Å². The van der Waals surface area contributed by atoms with E-state index in [0.717, 1.165) is 11.3 Å². The Labute approximate surface area is 173 Å². The molecule has 0 aliphatic rings. The van der Waals surface area contributed by atoms with Crippen LogP contribution in [0.15, 0.2) is 28.9 Å². The quantitative estimate of drug-likeness (QED) is 0.331. The first-order valence-electron chi connectivity index (χ1n) is 9.00. The number of hydrogen-bond donors (Lipinski definition) is 1. The highest BCUT2D eigenvalue weighted by Crippen LogP contribution is 2.34. The molecule has 1 N–H and O–H groups in total. The van der Waals surface area contributed by atoms with Crippen LogP contribution in [0.1, 0.15) is 16.7 Å². The summed E-state index contributed by atoms with van der Waals surface area (Å²) in [5.41, 5.74) is 1.47. The number of halogens is 1. The van der Waals surface area contributed by atoms with Crippen LogP contribution in [0, 0.1) is 5.82 Å². The first-order chi connectivity index (χ1) is 14.6. The fourth-order valence-electron chi connectivity index (χ4n) is 2.73. The Hall–Kier alpha value is -3.31. The number of fused-ring (bicyclic) bond motifs is 1. The lowest BCUT2D eigenvalue weighted by atomic mass is 10.1.